The highest BCUT2D eigenvalue weighted by Crippen LogP contribution is 2.25. The number of rotatable bonds is 6. The van der Waals surface area contributed by atoms with Gasteiger partial charge in [-0.3, -0.25) is 4.79 Å². The molecule has 3 heteroatoms. The lowest BCUT2D eigenvalue weighted by atomic mass is 9.82. The van der Waals surface area contributed by atoms with Gasteiger partial charge in [-0.05, 0) is 31.6 Å². The second kappa shape index (κ2) is 6.11. The second-order valence-electron chi connectivity index (χ2n) is 4.74. The first-order valence-electron chi connectivity index (χ1n) is 6.18. The fraction of sp³-hybridized carbons (Fsp3) is 0.917. The highest BCUT2D eigenvalue weighted by Gasteiger charge is 2.25. The summed E-state index contributed by atoms with van der Waals surface area (Å²) in [6.07, 6.45) is 4.47. The molecule has 0 unspecified atom stereocenters. The Balaban J connectivity index is 2.08. The van der Waals surface area contributed by atoms with E-state index in [1.165, 1.54) is 12.8 Å². The minimum absolute atomic E-state index is 0.142. The summed E-state index contributed by atoms with van der Waals surface area (Å²) in [4.78, 5) is 11.5. The van der Waals surface area contributed by atoms with Gasteiger partial charge in [-0.1, -0.05) is 20.8 Å². The van der Waals surface area contributed by atoms with E-state index in [0.717, 1.165) is 18.8 Å². The summed E-state index contributed by atoms with van der Waals surface area (Å²) in [6.45, 7) is 6.95. The number of hydrogen-bond acceptors (Lipinski definition) is 2. The second-order valence-corrected chi connectivity index (χ2v) is 4.74. The number of carbonyl (C=O) groups is 1. The normalized spacial score (nSPS) is 25.1. The van der Waals surface area contributed by atoms with Crippen LogP contribution in [0.2, 0.25) is 0 Å². The van der Waals surface area contributed by atoms with Crippen LogP contribution in [-0.2, 0) is 4.79 Å². The van der Waals surface area contributed by atoms with Gasteiger partial charge in [0.2, 0.25) is 5.91 Å². The molecule has 0 heterocycles. The van der Waals surface area contributed by atoms with Gasteiger partial charge in [-0.15, -0.1) is 0 Å². The van der Waals surface area contributed by atoms with E-state index in [1.54, 1.807) is 0 Å². The van der Waals surface area contributed by atoms with Crippen molar-refractivity contribution >= 4 is 5.91 Å². The van der Waals surface area contributed by atoms with Gasteiger partial charge in [0.25, 0.3) is 0 Å². The van der Waals surface area contributed by atoms with E-state index in [2.05, 4.69) is 31.4 Å². The molecule has 0 aromatic rings. The summed E-state index contributed by atoms with van der Waals surface area (Å²) in [6, 6.07) is 0.923. The number of hydrogen-bond donors (Lipinski definition) is 2. The van der Waals surface area contributed by atoms with Gasteiger partial charge in [0.05, 0.1) is 6.54 Å². The van der Waals surface area contributed by atoms with E-state index in [-0.39, 0.29) is 5.91 Å². The molecular weight excluding hydrogens is 188 g/mol. The molecule has 0 spiro atoms. The van der Waals surface area contributed by atoms with Crippen LogP contribution in [0.5, 0.6) is 0 Å². The molecule has 88 valence electrons. The molecule has 0 aliphatic heterocycles. The summed E-state index contributed by atoms with van der Waals surface area (Å²) < 4.78 is 0. The molecule has 0 atom stereocenters. The van der Waals surface area contributed by atoms with Crippen LogP contribution in [0.4, 0.5) is 0 Å². The molecule has 0 bridgehead atoms. The van der Waals surface area contributed by atoms with Crippen LogP contribution in [0.15, 0.2) is 0 Å². The Kier molecular flexibility index (Phi) is 5.09. The summed E-state index contributed by atoms with van der Waals surface area (Å²) in [5, 5.41) is 6.32. The van der Waals surface area contributed by atoms with Gasteiger partial charge in [0, 0.05) is 12.1 Å². The molecule has 0 radical (unpaired) electrons. The average Bonchev–Trinajstić information content (AvgIpc) is 2.19. The Morgan fingerprint density at radius 1 is 1.33 bits per heavy atom. The number of nitrogens with one attached hydrogen (secondary N) is 2. The highest BCUT2D eigenvalue weighted by molar-refractivity contribution is 5.78. The maximum Gasteiger partial charge on any atom is 0.234 e. The van der Waals surface area contributed by atoms with E-state index >= 15 is 0 Å². The molecule has 1 amide bonds. The van der Waals surface area contributed by atoms with Crippen molar-refractivity contribution in [3.63, 3.8) is 0 Å². The van der Waals surface area contributed by atoms with Crippen molar-refractivity contribution in [2.24, 2.45) is 5.92 Å². The van der Waals surface area contributed by atoms with Crippen LogP contribution in [0.25, 0.3) is 0 Å². The lowest BCUT2D eigenvalue weighted by Gasteiger charge is -2.33. The van der Waals surface area contributed by atoms with Crippen LogP contribution >= 0.6 is 0 Å². The molecule has 0 aromatic carbocycles. The molecule has 15 heavy (non-hydrogen) atoms. The quantitative estimate of drug-likeness (QED) is 0.703. The third kappa shape index (κ3) is 4.20. The highest BCUT2D eigenvalue weighted by atomic mass is 16.1. The predicted molar refractivity (Wildman–Crippen MR) is 62.7 cm³/mol. The first kappa shape index (κ1) is 12.5. The van der Waals surface area contributed by atoms with Crippen LogP contribution < -0.4 is 10.6 Å². The lowest BCUT2D eigenvalue weighted by molar-refractivity contribution is -0.121. The molecule has 1 fully saturated rings. The maximum atomic E-state index is 11.5. The van der Waals surface area contributed by atoms with Gasteiger partial charge in [0.15, 0.2) is 0 Å². The van der Waals surface area contributed by atoms with E-state index < -0.39 is 0 Å². The van der Waals surface area contributed by atoms with E-state index in [0.29, 0.717) is 18.6 Å². The monoisotopic (exact) mass is 212 g/mol. The Bertz CT molecular complexity index is 196. The smallest absolute Gasteiger partial charge is 0.234 e. The largest absolute Gasteiger partial charge is 0.352 e. The summed E-state index contributed by atoms with van der Waals surface area (Å²) in [7, 11) is 0. The Hall–Kier alpha value is -0.570. The fourth-order valence-corrected chi connectivity index (χ4v) is 2.08. The Morgan fingerprint density at radius 3 is 2.40 bits per heavy atom. The summed E-state index contributed by atoms with van der Waals surface area (Å²) in [5.41, 5.74) is 0. The predicted octanol–water partition coefficient (Wildman–Crippen LogP) is 1.68. The van der Waals surface area contributed by atoms with Crippen LogP contribution in [0.3, 0.4) is 0 Å². The Labute approximate surface area is 93.0 Å². The molecular formula is C12H24N2O. The van der Waals surface area contributed by atoms with Crippen molar-refractivity contribution in [3.8, 4) is 0 Å². The summed E-state index contributed by atoms with van der Waals surface area (Å²) in [5.74, 6) is 0.979. The van der Waals surface area contributed by atoms with E-state index in [9.17, 15) is 4.79 Å². The number of amides is 1. The third-order valence-corrected chi connectivity index (χ3v) is 3.28. The zero-order valence-electron chi connectivity index (χ0n) is 10.2. The van der Waals surface area contributed by atoms with Crippen molar-refractivity contribution in [2.75, 3.05) is 6.54 Å². The topological polar surface area (TPSA) is 41.1 Å². The molecule has 0 aromatic heterocycles. The zero-order valence-corrected chi connectivity index (χ0v) is 10.2. The van der Waals surface area contributed by atoms with Gasteiger partial charge < -0.3 is 10.6 Å². The molecule has 1 aliphatic carbocycles. The number of carbonyl (C=O) groups excluding carboxylic acids is 1. The standard InChI is InChI=1S/C12H24N2O/c1-4-10(5-2)14-12(15)8-13-11-6-9(3)7-11/h9-11,13H,4-8H2,1-3H3,(H,14,15). The minimum atomic E-state index is 0.142. The SMILES string of the molecule is CCC(CC)NC(=O)CNC1CC(C)C1. The van der Waals surface area contributed by atoms with Crippen molar-refractivity contribution < 1.29 is 4.79 Å². The van der Waals surface area contributed by atoms with Gasteiger partial charge >= 0.3 is 0 Å². The Morgan fingerprint density at radius 2 is 1.93 bits per heavy atom. The van der Waals surface area contributed by atoms with E-state index in [4.69, 9.17) is 0 Å². The lowest BCUT2D eigenvalue weighted by Crippen LogP contribution is -2.46. The maximum absolute atomic E-state index is 11.5. The van der Waals surface area contributed by atoms with Crippen molar-refractivity contribution in [2.45, 2.75) is 58.5 Å². The van der Waals surface area contributed by atoms with Crippen molar-refractivity contribution in [3.05, 3.63) is 0 Å². The van der Waals surface area contributed by atoms with Crippen molar-refractivity contribution in [1.82, 2.24) is 10.6 Å². The average molecular weight is 212 g/mol. The van der Waals surface area contributed by atoms with E-state index in [1.807, 2.05) is 0 Å². The van der Waals surface area contributed by atoms with Gasteiger partial charge in [-0.25, -0.2) is 0 Å². The van der Waals surface area contributed by atoms with Crippen molar-refractivity contribution in [1.29, 1.82) is 0 Å². The molecule has 1 saturated carbocycles. The first-order valence-corrected chi connectivity index (χ1v) is 6.18. The summed E-state index contributed by atoms with van der Waals surface area (Å²) >= 11 is 0. The third-order valence-electron chi connectivity index (χ3n) is 3.28. The zero-order chi connectivity index (χ0) is 11.3. The molecule has 2 N–H and O–H groups in total. The molecule has 1 rings (SSSR count). The molecule has 0 saturated heterocycles. The van der Waals surface area contributed by atoms with Gasteiger partial charge in [-0.2, -0.15) is 0 Å². The molecule has 1 aliphatic rings. The van der Waals surface area contributed by atoms with Crippen LogP contribution in [0.1, 0.15) is 46.5 Å². The minimum Gasteiger partial charge on any atom is -0.352 e. The fourth-order valence-electron chi connectivity index (χ4n) is 2.08. The van der Waals surface area contributed by atoms with Crippen LogP contribution in [0, 0.1) is 5.92 Å². The molecule has 3 nitrogen and oxygen atoms in total. The first-order chi connectivity index (χ1) is 7.15. The van der Waals surface area contributed by atoms with Crippen LogP contribution in [-0.4, -0.2) is 24.5 Å². The van der Waals surface area contributed by atoms with Gasteiger partial charge in [0.1, 0.15) is 0 Å².